The monoisotopic (exact) mass is 251 g/mol. The Morgan fingerprint density at radius 3 is 2.28 bits per heavy atom. The standard InChI is InChI=1S/C12H13NO5/c1-3-18-12(15)11(13(16)17)10-6-4-9(5-7-10)8(2)14/h4-7,11H,3H2,1-2H3. The van der Waals surface area contributed by atoms with E-state index in [2.05, 4.69) is 4.74 Å². The number of benzene rings is 1. The second-order valence-corrected chi connectivity index (χ2v) is 3.62. The molecule has 1 unspecified atom stereocenters. The molecule has 0 saturated carbocycles. The van der Waals surface area contributed by atoms with E-state index < -0.39 is 16.9 Å². The van der Waals surface area contributed by atoms with Crippen molar-refractivity contribution in [3.63, 3.8) is 0 Å². The Hall–Kier alpha value is -2.24. The number of rotatable bonds is 5. The van der Waals surface area contributed by atoms with Gasteiger partial charge in [-0.2, -0.15) is 0 Å². The zero-order valence-corrected chi connectivity index (χ0v) is 10.1. The van der Waals surface area contributed by atoms with E-state index in [0.29, 0.717) is 5.56 Å². The summed E-state index contributed by atoms with van der Waals surface area (Å²) in [6, 6.07) is 4.13. The molecule has 0 amide bonds. The third-order valence-electron chi connectivity index (χ3n) is 2.35. The molecule has 0 bridgehead atoms. The van der Waals surface area contributed by atoms with E-state index in [9.17, 15) is 19.7 Å². The predicted octanol–water partition coefficient (Wildman–Crippen LogP) is 1.77. The zero-order valence-electron chi connectivity index (χ0n) is 10.1. The van der Waals surface area contributed by atoms with E-state index >= 15 is 0 Å². The first-order chi connectivity index (χ1) is 8.47. The number of hydrogen-bond acceptors (Lipinski definition) is 5. The van der Waals surface area contributed by atoms with E-state index in [1.165, 1.54) is 31.2 Å². The summed E-state index contributed by atoms with van der Waals surface area (Å²) in [4.78, 5) is 32.7. The molecule has 0 spiro atoms. The van der Waals surface area contributed by atoms with Gasteiger partial charge >= 0.3 is 12.0 Å². The second-order valence-electron chi connectivity index (χ2n) is 3.62. The van der Waals surface area contributed by atoms with Gasteiger partial charge in [-0.15, -0.1) is 0 Å². The van der Waals surface area contributed by atoms with Gasteiger partial charge in [0.05, 0.1) is 6.61 Å². The van der Waals surface area contributed by atoms with Crippen LogP contribution in [0.15, 0.2) is 24.3 Å². The molecule has 0 fully saturated rings. The topological polar surface area (TPSA) is 86.5 Å². The molecule has 0 N–H and O–H groups in total. The van der Waals surface area contributed by atoms with Crippen LogP contribution in [-0.4, -0.2) is 23.3 Å². The molecule has 96 valence electrons. The van der Waals surface area contributed by atoms with Crippen LogP contribution < -0.4 is 0 Å². The number of esters is 1. The van der Waals surface area contributed by atoms with Crippen molar-refractivity contribution in [1.82, 2.24) is 0 Å². The highest BCUT2D eigenvalue weighted by atomic mass is 16.6. The number of nitro groups is 1. The largest absolute Gasteiger partial charge is 0.461 e. The van der Waals surface area contributed by atoms with E-state index in [4.69, 9.17) is 0 Å². The molecule has 1 rings (SSSR count). The van der Waals surface area contributed by atoms with Crippen molar-refractivity contribution in [2.24, 2.45) is 0 Å². The maximum absolute atomic E-state index is 11.5. The summed E-state index contributed by atoms with van der Waals surface area (Å²) in [6.45, 7) is 3.05. The summed E-state index contributed by atoms with van der Waals surface area (Å²) in [5.41, 5.74) is 0.633. The molecule has 0 aromatic heterocycles. The summed E-state index contributed by atoms with van der Waals surface area (Å²) in [7, 11) is 0. The summed E-state index contributed by atoms with van der Waals surface area (Å²) < 4.78 is 4.65. The average molecular weight is 251 g/mol. The third-order valence-corrected chi connectivity index (χ3v) is 2.35. The van der Waals surface area contributed by atoms with Gasteiger partial charge in [-0.25, -0.2) is 4.79 Å². The Morgan fingerprint density at radius 1 is 1.33 bits per heavy atom. The van der Waals surface area contributed by atoms with Gasteiger partial charge < -0.3 is 4.74 Å². The van der Waals surface area contributed by atoms with Gasteiger partial charge in [0.25, 0.3) is 0 Å². The molecule has 6 nitrogen and oxygen atoms in total. The fourth-order valence-electron chi connectivity index (χ4n) is 1.47. The van der Waals surface area contributed by atoms with Crippen LogP contribution in [0.1, 0.15) is 35.8 Å². The predicted molar refractivity (Wildman–Crippen MR) is 62.8 cm³/mol. The fraction of sp³-hybridized carbons (Fsp3) is 0.333. The minimum Gasteiger partial charge on any atom is -0.461 e. The van der Waals surface area contributed by atoms with Crippen molar-refractivity contribution in [3.05, 3.63) is 45.5 Å². The van der Waals surface area contributed by atoms with Gasteiger partial charge in [0.15, 0.2) is 5.78 Å². The Kier molecular flexibility index (Phi) is 4.53. The number of carbonyl (C=O) groups excluding carboxylic acids is 2. The van der Waals surface area contributed by atoms with Crippen molar-refractivity contribution in [2.45, 2.75) is 19.9 Å². The minimum atomic E-state index is -1.55. The molecule has 1 aromatic carbocycles. The van der Waals surface area contributed by atoms with E-state index in [0.717, 1.165) is 0 Å². The molecular weight excluding hydrogens is 238 g/mol. The van der Waals surface area contributed by atoms with Crippen LogP contribution in [-0.2, 0) is 9.53 Å². The van der Waals surface area contributed by atoms with Crippen LogP contribution in [0.4, 0.5) is 0 Å². The van der Waals surface area contributed by atoms with Crippen molar-refractivity contribution < 1.29 is 19.2 Å². The highest BCUT2D eigenvalue weighted by molar-refractivity contribution is 5.94. The van der Waals surface area contributed by atoms with Crippen molar-refractivity contribution in [2.75, 3.05) is 6.61 Å². The molecule has 6 heteroatoms. The third kappa shape index (κ3) is 3.13. The van der Waals surface area contributed by atoms with Crippen LogP contribution in [0.5, 0.6) is 0 Å². The summed E-state index contributed by atoms with van der Waals surface area (Å²) in [5.74, 6) is -1.05. The van der Waals surface area contributed by atoms with Gasteiger partial charge in [-0.3, -0.25) is 14.9 Å². The maximum Gasteiger partial charge on any atom is 0.386 e. The van der Waals surface area contributed by atoms with Crippen LogP contribution in [0, 0.1) is 10.1 Å². The lowest BCUT2D eigenvalue weighted by Crippen LogP contribution is -2.23. The van der Waals surface area contributed by atoms with Crippen molar-refractivity contribution in [1.29, 1.82) is 0 Å². The highest BCUT2D eigenvalue weighted by Crippen LogP contribution is 2.19. The first kappa shape index (κ1) is 13.8. The molecule has 18 heavy (non-hydrogen) atoms. The van der Waals surface area contributed by atoms with Gasteiger partial charge in [-0.1, -0.05) is 24.3 Å². The summed E-state index contributed by atoms with van der Waals surface area (Å²) >= 11 is 0. The van der Waals surface area contributed by atoms with E-state index in [1.54, 1.807) is 6.92 Å². The molecule has 0 radical (unpaired) electrons. The van der Waals surface area contributed by atoms with Crippen LogP contribution in [0.2, 0.25) is 0 Å². The number of ketones is 1. The molecule has 1 aromatic rings. The van der Waals surface area contributed by atoms with Gasteiger partial charge in [0.1, 0.15) is 0 Å². The summed E-state index contributed by atoms with van der Waals surface area (Å²) in [6.07, 6.45) is 0. The Morgan fingerprint density at radius 2 is 1.89 bits per heavy atom. The van der Waals surface area contributed by atoms with Crippen molar-refractivity contribution >= 4 is 11.8 Å². The van der Waals surface area contributed by atoms with Gasteiger partial charge in [0.2, 0.25) is 0 Å². The quantitative estimate of drug-likeness (QED) is 0.344. The molecule has 1 atom stereocenters. The van der Waals surface area contributed by atoms with Crippen LogP contribution in [0.3, 0.4) is 0 Å². The Labute approximate surface area is 104 Å². The number of ether oxygens (including phenoxy) is 1. The first-order valence-electron chi connectivity index (χ1n) is 5.38. The smallest absolute Gasteiger partial charge is 0.386 e. The highest BCUT2D eigenvalue weighted by Gasteiger charge is 2.33. The number of carbonyl (C=O) groups is 2. The SMILES string of the molecule is CCOC(=O)C(c1ccc(C(C)=O)cc1)[N+](=O)[O-]. The molecule has 0 aliphatic heterocycles. The van der Waals surface area contributed by atoms with Crippen LogP contribution >= 0.6 is 0 Å². The van der Waals surface area contributed by atoms with Gasteiger partial charge in [-0.05, 0) is 13.8 Å². The number of hydrogen-bond donors (Lipinski definition) is 0. The van der Waals surface area contributed by atoms with Gasteiger partial charge in [0, 0.05) is 16.1 Å². The lowest BCUT2D eigenvalue weighted by Gasteiger charge is -2.08. The number of nitrogens with zero attached hydrogens (tertiary/aromatic N) is 1. The van der Waals surface area contributed by atoms with Crippen LogP contribution in [0.25, 0.3) is 0 Å². The molecule has 0 aliphatic rings. The number of Topliss-reactive ketones (excluding diaryl/α,β-unsaturated/α-hetero) is 1. The summed E-state index contributed by atoms with van der Waals surface area (Å²) in [5, 5.41) is 10.9. The van der Waals surface area contributed by atoms with E-state index in [1.807, 2.05) is 0 Å². The second kappa shape index (κ2) is 5.90. The zero-order chi connectivity index (χ0) is 13.7. The lowest BCUT2D eigenvalue weighted by molar-refractivity contribution is -0.516. The average Bonchev–Trinajstić information content (AvgIpc) is 2.29. The Bertz CT molecular complexity index is 466. The normalized spacial score (nSPS) is 11.7. The van der Waals surface area contributed by atoms with E-state index in [-0.39, 0.29) is 18.0 Å². The maximum atomic E-state index is 11.5. The molecule has 0 saturated heterocycles. The Balaban J connectivity index is 3.03. The lowest BCUT2D eigenvalue weighted by atomic mass is 10.0. The van der Waals surface area contributed by atoms with Crippen molar-refractivity contribution in [3.8, 4) is 0 Å². The first-order valence-corrected chi connectivity index (χ1v) is 5.38. The molecule has 0 aliphatic carbocycles. The molecular formula is C12H13NO5. The molecule has 0 heterocycles. The fourth-order valence-corrected chi connectivity index (χ4v) is 1.47. The minimum absolute atomic E-state index is 0.0781.